The molecule has 0 bridgehead atoms. The lowest BCUT2D eigenvalue weighted by atomic mass is 10.2. The average molecular weight is 324 g/mol. The maximum absolute atomic E-state index is 13.3. The van der Waals surface area contributed by atoms with E-state index in [1.54, 1.807) is 24.3 Å². The van der Waals surface area contributed by atoms with Gasteiger partial charge in [-0.2, -0.15) is 0 Å². The number of halogens is 1. The topological polar surface area (TPSA) is 72.8 Å². The number of ether oxygens (including phenoxy) is 1. The molecule has 2 aromatic heterocycles. The van der Waals surface area contributed by atoms with E-state index in [1.807, 2.05) is 0 Å². The summed E-state index contributed by atoms with van der Waals surface area (Å²) >= 11 is 0. The van der Waals surface area contributed by atoms with Crippen LogP contribution in [0, 0.1) is 5.82 Å². The lowest BCUT2D eigenvalue weighted by Gasteiger charge is -2.07. The monoisotopic (exact) mass is 324 g/mol. The summed E-state index contributed by atoms with van der Waals surface area (Å²) in [5.41, 5.74) is 1.58. The van der Waals surface area contributed by atoms with E-state index >= 15 is 0 Å². The van der Waals surface area contributed by atoms with Crippen molar-refractivity contribution in [1.29, 1.82) is 0 Å². The minimum atomic E-state index is -0.341. The lowest BCUT2D eigenvalue weighted by Crippen LogP contribution is -2.22. The van der Waals surface area contributed by atoms with Crippen LogP contribution in [0.3, 0.4) is 0 Å². The number of nitrogens with zero attached hydrogens (tertiary/aromatic N) is 3. The van der Waals surface area contributed by atoms with E-state index in [-0.39, 0.29) is 17.9 Å². The predicted molar refractivity (Wildman–Crippen MR) is 87.7 cm³/mol. The van der Waals surface area contributed by atoms with Crippen molar-refractivity contribution in [1.82, 2.24) is 19.5 Å². The molecule has 0 aliphatic rings. The van der Waals surface area contributed by atoms with E-state index in [4.69, 9.17) is 4.74 Å². The Morgan fingerprint density at radius 3 is 2.96 bits per heavy atom. The zero-order valence-electron chi connectivity index (χ0n) is 12.8. The van der Waals surface area contributed by atoms with Gasteiger partial charge in [-0.25, -0.2) is 14.4 Å². The molecule has 4 rings (SSSR count). The Bertz CT molecular complexity index is 1120. The lowest BCUT2D eigenvalue weighted by molar-refractivity contribution is 0.419. The Hall–Kier alpha value is -3.22. The smallest absolute Gasteiger partial charge is 0.265 e. The first-order valence-electron chi connectivity index (χ1n) is 7.32. The molecule has 24 heavy (non-hydrogen) atoms. The molecule has 0 spiro atoms. The summed E-state index contributed by atoms with van der Waals surface area (Å²) in [4.78, 5) is 24.4. The molecular weight excluding hydrogens is 311 g/mol. The molecule has 0 fully saturated rings. The van der Waals surface area contributed by atoms with E-state index in [0.29, 0.717) is 33.5 Å². The van der Waals surface area contributed by atoms with E-state index in [1.165, 1.54) is 30.1 Å². The average Bonchev–Trinajstić information content (AvgIpc) is 2.98. The third-order valence-corrected chi connectivity index (χ3v) is 3.85. The van der Waals surface area contributed by atoms with Gasteiger partial charge in [0, 0.05) is 0 Å². The maximum atomic E-state index is 13.3. The molecule has 7 heteroatoms. The molecule has 120 valence electrons. The van der Waals surface area contributed by atoms with Crippen LogP contribution in [0.4, 0.5) is 4.39 Å². The van der Waals surface area contributed by atoms with Crippen molar-refractivity contribution >= 4 is 21.9 Å². The fourth-order valence-corrected chi connectivity index (χ4v) is 2.72. The fourth-order valence-electron chi connectivity index (χ4n) is 2.72. The van der Waals surface area contributed by atoms with Gasteiger partial charge in [-0.05, 0) is 30.3 Å². The van der Waals surface area contributed by atoms with Gasteiger partial charge < -0.3 is 9.72 Å². The van der Waals surface area contributed by atoms with Crippen LogP contribution in [0.5, 0.6) is 5.75 Å². The highest BCUT2D eigenvalue weighted by Crippen LogP contribution is 2.20. The van der Waals surface area contributed by atoms with Crippen LogP contribution in [-0.4, -0.2) is 26.6 Å². The largest absolute Gasteiger partial charge is 0.496 e. The van der Waals surface area contributed by atoms with Crippen molar-refractivity contribution in [3.05, 3.63) is 64.7 Å². The van der Waals surface area contributed by atoms with Crippen LogP contribution >= 0.6 is 0 Å². The zero-order chi connectivity index (χ0) is 16.7. The Morgan fingerprint density at radius 2 is 2.12 bits per heavy atom. The van der Waals surface area contributed by atoms with E-state index in [2.05, 4.69) is 15.0 Å². The highest BCUT2D eigenvalue weighted by Gasteiger charge is 2.11. The number of fused-ring (bicyclic) bond motifs is 2. The molecule has 2 heterocycles. The number of aromatic nitrogens is 4. The molecule has 0 atom stereocenters. The highest BCUT2D eigenvalue weighted by atomic mass is 19.1. The second kappa shape index (κ2) is 5.45. The summed E-state index contributed by atoms with van der Waals surface area (Å²) in [6, 6.07) is 9.58. The number of methoxy groups -OCH3 is 1. The Kier molecular flexibility index (Phi) is 3.26. The Morgan fingerprint density at radius 1 is 1.25 bits per heavy atom. The van der Waals surface area contributed by atoms with Crippen LogP contribution < -0.4 is 10.3 Å². The number of aromatic amines is 1. The van der Waals surface area contributed by atoms with Crippen molar-refractivity contribution in [2.24, 2.45) is 0 Å². The highest BCUT2D eigenvalue weighted by molar-refractivity contribution is 5.84. The number of imidazole rings is 1. The minimum Gasteiger partial charge on any atom is -0.496 e. The normalized spacial score (nSPS) is 11.2. The Balaban J connectivity index is 1.81. The van der Waals surface area contributed by atoms with Gasteiger partial charge in [0.15, 0.2) is 0 Å². The van der Waals surface area contributed by atoms with Gasteiger partial charge in [0.1, 0.15) is 22.8 Å². The molecule has 0 aliphatic carbocycles. The summed E-state index contributed by atoms with van der Waals surface area (Å²) < 4.78 is 20.0. The molecule has 6 nitrogen and oxygen atoms in total. The summed E-state index contributed by atoms with van der Waals surface area (Å²) in [7, 11) is 1.51. The number of hydrogen-bond acceptors (Lipinski definition) is 4. The van der Waals surface area contributed by atoms with Crippen LogP contribution in [0.2, 0.25) is 0 Å². The summed E-state index contributed by atoms with van der Waals surface area (Å²) in [6.45, 7) is 0.204. The second-order valence-corrected chi connectivity index (χ2v) is 5.38. The summed E-state index contributed by atoms with van der Waals surface area (Å²) in [5.74, 6) is 0.687. The Labute approximate surface area is 135 Å². The van der Waals surface area contributed by atoms with Crippen LogP contribution in [-0.2, 0) is 6.54 Å². The van der Waals surface area contributed by atoms with Crippen molar-refractivity contribution in [3.63, 3.8) is 0 Å². The van der Waals surface area contributed by atoms with Gasteiger partial charge in [-0.1, -0.05) is 6.07 Å². The molecule has 0 unspecified atom stereocenters. The number of hydrogen-bond donors (Lipinski definition) is 1. The van der Waals surface area contributed by atoms with E-state index in [9.17, 15) is 9.18 Å². The van der Waals surface area contributed by atoms with Gasteiger partial charge >= 0.3 is 0 Å². The number of benzene rings is 2. The first-order chi connectivity index (χ1) is 11.7. The first kappa shape index (κ1) is 14.4. The summed E-state index contributed by atoms with van der Waals surface area (Å²) in [5, 5.41) is 0.421. The number of H-pyrrole nitrogens is 1. The molecule has 4 aromatic rings. The van der Waals surface area contributed by atoms with Crippen molar-refractivity contribution in [2.75, 3.05) is 7.11 Å². The maximum Gasteiger partial charge on any atom is 0.265 e. The third kappa shape index (κ3) is 2.30. The van der Waals surface area contributed by atoms with Crippen molar-refractivity contribution in [3.8, 4) is 5.75 Å². The molecule has 0 radical (unpaired) electrons. The van der Waals surface area contributed by atoms with Crippen molar-refractivity contribution < 1.29 is 9.13 Å². The van der Waals surface area contributed by atoms with Crippen molar-refractivity contribution in [2.45, 2.75) is 6.54 Å². The van der Waals surface area contributed by atoms with E-state index < -0.39 is 0 Å². The quantitative estimate of drug-likeness (QED) is 0.628. The molecule has 2 aromatic carbocycles. The molecule has 1 N–H and O–H groups in total. The standard InChI is InChI=1S/C17H13FN4O2/c1-24-14-4-2-3-12-16(14)17(23)22(9-19-12)8-15-20-11-6-5-10(18)7-13(11)21-15/h2-7,9H,8H2,1H3,(H,20,21). The van der Waals surface area contributed by atoms with Gasteiger partial charge in [-0.3, -0.25) is 9.36 Å². The minimum absolute atomic E-state index is 0.204. The van der Waals surface area contributed by atoms with Gasteiger partial charge in [0.25, 0.3) is 5.56 Å². The summed E-state index contributed by atoms with van der Waals surface area (Å²) in [6.07, 6.45) is 1.47. The molecule has 0 aliphatic heterocycles. The fraction of sp³-hybridized carbons (Fsp3) is 0.118. The molecular formula is C17H13FN4O2. The molecule has 0 amide bonds. The predicted octanol–water partition coefficient (Wildman–Crippen LogP) is 2.47. The second-order valence-electron chi connectivity index (χ2n) is 5.38. The van der Waals surface area contributed by atoms with Crippen LogP contribution in [0.15, 0.2) is 47.5 Å². The number of rotatable bonds is 3. The zero-order valence-corrected chi connectivity index (χ0v) is 12.8. The first-order valence-corrected chi connectivity index (χ1v) is 7.32. The number of nitrogens with one attached hydrogen (secondary N) is 1. The molecule has 0 saturated heterocycles. The third-order valence-electron chi connectivity index (χ3n) is 3.85. The van der Waals surface area contributed by atoms with Crippen LogP contribution in [0.25, 0.3) is 21.9 Å². The van der Waals surface area contributed by atoms with Gasteiger partial charge in [-0.15, -0.1) is 0 Å². The van der Waals surface area contributed by atoms with Gasteiger partial charge in [0.2, 0.25) is 0 Å². The van der Waals surface area contributed by atoms with E-state index in [0.717, 1.165) is 0 Å². The van der Waals surface area contributed by atoms with Crippen LogP contribution in [0.1, 0.15) is 5.82 Å². The molecule has 0 saturated carbocycles. The SMILES string of the molecule is COc1cccc2ncn(Cc3nc4ccc(F)cc4[nH]3)c(=O)c12. The van der Waals surface area contributed by atoms with Gasteiger partial charge in [0.05, 0.1) is 36.5 Å².